The fourth-order valence-corrected chi connectivity index (χ4v) is 2.70. The minimum atomic E-state index is -0.184. The SMILES string of the molecule is CCOc1cc(C(=O)Nc2cccc(C)c2)ccc1OCc1ccccc1. The zero-order chi connectivity index (χ0) is 19.1. The van der Waals surface area contributed by atoms with Crippen LogP contribution in [0, 0.1) is 6.92 Å². The number of ether oxygens (including phenoxy) is 2. The standard InChI is InChI=1S/C23H23NO3/c1-3-26-22-15-19(23(25)24-20-11-7-8-17(2)14-20)12-13-21(22)27-16-18-9-5-4-6-10-18/h4-15H,3,16H2,1-2H3,(H,24,25). The molecule has 0 saturated heterocycles. The Kier molecular flexibility index (Phi) is 6.10. The van der Waals surface area contributed by atoms with Crippen LogP contribution in [-0.4, -0.2) is 12.5 Å². The number of carbonyl (C=O) groups is 1. The number of rotatable bonds is 7. The largest absolute Gasteiger partial charge is 0.490 e. The summed E-state index contributed by atoms with van der Waals surface area (Å²) in [6, 6.07) is 22.9. The Balaban J connectivity index is 1.75. The number of anilines is 1. The third-order valence-corrected chi connectivity index (χ3v) is 4.02. The van der Waals surface area contributed by atoms with Crippen molar-refractivity contribution in [3.8, 4) is 11.5 Å². The second kappa shape index (κ2) is 8.90. The number of hydrogen-bond acceptors (Lipinski definition) is 3. The number of aryl methyl sites for hydroxylation is 1. The van der Waals surface area contributed by atoms with Crippen LogP contribution >= 0.6 is 0 Å². The highest BCUT2D eigenvalue weighted by molar-refractivity contribution is 6.04. The predicted octanol–water partition coefficient (Wildman–Crippen LogP) is 5.23. The molecule has 4 heteroatoms. The van der Waals surface area contributed by atoms with E-state index in [1.807, 2.05) is 68.4 Å². The fraction of sp³-hybridized carbons (Fsp3) is 0.174. The van der Waals surface area contributed by atoms with Gasteiger partial charge in [0.25, 0.3) is 5.91 Å². The lowest BCUT2D eigenvalue weighted by Gasteiger charge is -2.14. The van der Waals surface area contributed by atoms with Crippen LogP contribution in [0.15, 0.2) is 72.8 Å². The normalized spacial score (nSPS) is 10.3. The first-order valence-electron chi connectivity index (χ1n) is 8.97. The van der Waals surface area contributed by atoms with Crippen molar-refractivity contribution >= 4 is 11.6 Å². The van der Waals surface area contributed by atoms with E-state index in [4.69, 9.17) is 9.47 Å². The van der Waals surface area contributed by atoms with Gasteiger partial charge in [-0.05, 0) is 55.3 Å². The van der Waals surface area contributed by atoms with Gasteiger partial charge in [0.1, 0.15) is 6.61 Å². The first-order chi connectivity index (χ1) is 13.2. The molecule has 0 aliphatic rings. The summed E-state index contributed by atoms with van der Waals surface area (Å²) >= 11 is 0. The van der Waals surface area contributed by atoms with Crippen LogP contribution in [0.5, 0.6) is 11.5 Å². The first-order valence-corrected chi connectivity index (χ1v) is 8.97. The number of benzene rings is 3. The van der Waals surface area contributed by atoms with Crippen LogP contribution in [0.2, 0.25) is 0 Å². The zero-order valence-corrected chi connectivity index (χ0v) is 15.6. The molecule has 0 bridgehead atoms. The van der Waals surface area contributed by atoms with Crippen molar-refractivity contribution in [1.29, 1.82) is 0 Å². The number of amides is 1. The van der Waals surface area contributed by atoms with Crippen molar-refractivity contribution in [2.45, 2.75) is 20.5 Å². The molecule has 27 heavy (non-hydrogen) atoms. The average molecular weight is 361 g/mol. The Morgan fingerprint density at radius 3 is 2.44 bits per heavy atom. The van der Waals surface area contributed by atoms with Crippen molar-refractivity contribution in [1.82, 2.24) is 0 Å². The molecule has 3 aromatic rings. The van der Waals surface area contributed by atoms with Gasteiger partial charge in [-0.2, -0.15) is 0 Å². The van der Waals surface area contributed by atoms with Gasteiger partial charge in [0.15, 0.2) is 11.5 Å². The molecule has 0 heterocycles. The molecule has 0 radical (unpaired) electrons. The van der Waals surface area contributed by atoms with Crippen LogP contribution in [0.25, 0.3) is 0 Å². The van der Waals surface area contributed by atoms with Crippen LogP contribution in [0.4, 0.5) is 5.69 Å². The molecule has 0 aliphatic heterocycles. The monoisotopic (exact) mass is 361 g/mol. The molecular weight excluding hydrogens is 338 g/mol. The molecule has 0 aromatic heterocycles. The van der Waals surface area contributed by atoms with Crippen molar-refractivity contribution < 1.29 is 14.3 Å². The second-order valence-corrected chi connectivity index (χ2v) is 6.19. The predicted molar refractivity (Wildman–Crippen MR) is 108 cm³/mol. The highest BCUT2D eigenvalue weighted by atomic mass is 16.5. The van der Waals surface area contributed by atoms with Crippen molar-refractivity contribution in [2.24, 2.45) is 0 Å². The summed E-state index contributed by atoms with van der Waals surface area (Å²) in [7, 11) is 0. The minimum absolute atomic E-state index is 0.184. The van der Waals surface area contributed by atoms with E-state index in [1.165, 1.54) is 0 Å². The topological polar surface area (TPSA) is 47.6 Å². The number of nitrogens with one attached hydrogen (secondary N) is 1. The summed E-state index contributed by atoms with van der Waals surface area (Å²) in [6.45, 7) is 4.82. The summed E-state index contributed by atoms with van der Waals surface area (Å²) in [5, 5.41) is 2.91. The summed E-state index contributed by atoms with van der Waals surface area (Å²) in [6.07, 6.45) is 0. The molecule has 0 aliphatic carbocycles. The Hall–Kier alpha value is -3.27. The lowest BCUT2D eigenvalue weighted by molar-refractivity contribution is 0.102. The van der Waals surface area contributed by atoms with Crippen molar-refractivity contribution in [3.63, 3.8) is 0 Å². The van der Waals surface area contributed by atoms with E-state index in [1.54, 1.807) is 18.2 Å². The molecular formula is C23H23NO3. The van der Waals surface area contributed by atoms with Gasteiger partial charge in [-0.3, -0.25) is 4.79 Å². The van der Waals surface area contributed by atoms with Gasteiger partial charge < -0.3 is 14.8 Å². The zero-order valence-electron chi connectivity index (χ0n) is 15.6. The maximum atomic E-state index is 12.6. The summed E-state index contributed by atoms with van der Waals surface area (Å²) in [5.74, 6) is 0.995. The molecule has 0 spiro atoms. The van der Waals surface area contributed by atoms with Gasteiger partial charge in [-0.25, -0.2) is 0 Å². The van der Waals surface area contributed by atoms with Crippen LogP contribution in [-0.2, 0) is 6.61 Å². The fourth-order valence-electron chi connectivity index (χ4n) is 2.70. The van der Waals surface area contributed by atoms with E-state index in [9.17, 15) is 4.79 Å². The van der Waals surface area contributed by atoms with E-state index < -0.39 is 0 Å². The first kappa shape index (κ1) is 18.5. The van der Waals surface area contributed by atoms with Gasteiger partial charge in [0, 0.05) is 11.3 Å². The Labute approximate surface area is 159 Å². The quantitative estimate of drug-likeness (QED) is 0.627. The van der Waals surface area contributed by atoms with Gasteiger partial charge in [-0.1, -0.05) is 42.5 Å². The maximum Gasteiger partial charge on any atom is 0.255 e. The molecule has 0 unspecified atom stereocenters. The minimum Gasteiger partial charge on any atom is -0.490 e. The van der Waals surface area contributed by atoms with E-state index in [-0.39, 0.29) is 5.91 Å². The molecule has 4 nitrogen and oxygen atoms in total. The summed E-state index contributed by atoms with van der Waals surface area (Å²) in [5.41, 5.74) is 3.45. The lowest BCUT2D eigenvalue weighted by Crippen LogP contribution is -2.12. The highest BCUT2D eigenvalue weighted by Crippen LogP contribution is 2.29. The Morgan fingerprint density at radius 2 is 1.70 bits per heavy atom. The third-order valence-electron chi connectivity index (χ3n) is 4.02. The Morgan fingerprint density at radius 1 is 0.889 bits per heavy atom. The molecule has 3 aromatic carbocycles. The second-order valence-electron chi connectivity index (χ2n) is 6.19. The van der Waals surface area contributed by atoms with Crippen molar-refractivity contribution in [2.75, 3.05) is 11.9 Å². The van der Waals surface area contributed by atoms with Gasteiger partial charge in [0.05, 0.1) is 6.61 Å². The summed E-state index contributed by atoms with van der Waals surface area (Å²) in [4.78, 5) is 12.6. The molecule has 0 saturated carbocycles. The third kappa shape index (κ3) is 5.11. The van der Waals surface area contributed by atoms with Crippen LogP contribution in [0.1, 0.15) is 28.4 Å². The molecule has 1 N–H and O–H groups in total. The van der Waals surface area contributed by atoms with Gasteiger partial charge in [0.2, 0.25) is 0 Å². The smallest absolute Gasteiger partial charge is 0.255 e. The number of hydrogen-bond donors (Lipinski definition) is 1. The summed E-state index contributed by atoms with van der Waals surface area (Å²) < 4.78 is 11.6. The molecule has 138 valence electrons. The number of carbonyl (C=O) groups excluding carboxylic acids is 1. The van der Waals surface area contributed by atoms with E-state index >= 15 is 0 Å². The lowest BCUT2D eigenvalue weighted by atomic mass is 10.1. The van der Waals surface area contributed by atoms with E-state index in [2.05, 4.69) is 5.32 Å². The maximum absolute atomic E-state index is 12.6. The van der Waals surface area contributed by atoms with Gasteiger partial charge in [-0.15, -0.1) is 0 Å². The average Bonchev–Trinajstić information content (AvgIpc) is 2.68. The Bertz CT molecular complexity index is 907. The van der Waals surface area contributed by atoms with Crippen molar-refractivity contribution in [3.05, 3.63) is 89.5 Å². The van der Waals surface area contributed by atoms with E-state index in [0.717, 1.165) is 16.8 Å². The van der Waals surface area contributed by atoms with Gasteiger partial charge >= 0.3 is 0 Å². The van der Waals surface area contributed by atoms with E-state index in [0.29, 0.717) is 30.3 Å². The molecule has 0 atom stereocenters. The van der Waals surface area contributed by atoms with Crippen LogP contribution in [0.3, 0.4) is 0 Å². The highest BCUT2D eigenvalue weighted by Gasteiger charge is 2.12. The molecule has 3 rings (SSSR count). The molecule has 1 amide bonds. The molecule has 0 fully saturated rings. The van der Waals surface area contributed by atoms with Crippen LogP contribution < -0.4 is 14.8 Å².